The van der Waals surface area contributed by atoms with Gasteiger partial charge >= 0.3 is 0 Å². The molecule has 7 heterocycles. The molecule has 0 aliphatic carbocycles. The van der Waals surface area contributed by atoms with Crippen LogP contribution in [0.15, 0.2) is 79.3 Å². The van der Waals surface area contributed by atoms with Crippen LogP contribution < -0.4 is 31.9 Å². The molecule has 6 amide bonds. The number of fused-ring (bicyclic) bond motifs is 2. The van der Waals surface area contributed by atoms with Gasteiger partial charge in [0, 0.05) is 37.9 Å². The number of aromatic nitrogens is 9. The molecule has 4 saturated heterocycles. The van der Waals surface area contributed by atoms with Gasteiger partial charge in [-0.15, -0.1) is 15.3 Å². The molecule has 0 saturated carbocycles. The fourth-order valence-electron chi connectivity index (χ4n) is 11.9. The molecule has 9 rings (SSSR count). The molecule has 0 radical (unpaired) electrons. The van der Waals surface area contributed by atoms with Crippen molar-refractivity contribution < 1.29 is 28.8 Å². The third-order valence-electron chi connectivity index (χ3n) is 16.8. The summed E-state index contributed by atoms with van der Waals surface area (Å²) in [6.45, 7) is 5.42. The van der Waals surface area contributed by atoms with Crippen molar-refractivity contribution in [3.05, 3.63) is 107 Å². The topological polar surface area (TPSA) is 273 Å². The summed E-state index contributed by atoms with van der Waals surface area (Å²) in [4.78, 5) is 86.0. The van der Waals surface area contributed by atoms with E-state index >= 15 is 0 Å². The minimum atomic E-state index is -0.685. The van der Waals surface area contributed by atoms with E-state index in [1.807, 2.05) is 83.9 Å². The number of likely N-dealkylation sites (N-methyl/N-ethyl adjacent to an activating group) is 2. The molecule has 434 valence electrons. The third kappa shape index (κ3) is 14.6. The largest absolute Gasteiger partial charge is 0.343 e. The first kappa shape index (κ1) is 58.3. The van der Waals surface area contributed by atoms with Gasteiger partial charge in [-0.05, 0) is 123 Å². The Morgan fingerprint density at radius 1 is 0.519 bits per heavy atom. The maximum absolute atomic E-state index is 14.3. The van der Waals surface area contributed by atoms with Gasteiger partial charge in [-0.3, -0.25) is 42.8 Å². The van der Waals surface area contributed by atoms with Crippen LogP contribution in [0.4, 0.5) is 0 Å². The summed E-state index contributed by atoms with van der Waals surface area (Å²) >= 11 is 0. The predicted octanol–water partition coefficient (Wildman–Crippen LogP) is 3.43. The number of carbonyl (C=O) groups is 6. The lowest BCUT2D eigenvalue weighted by atomic mass is 9.98. The first-order valence-corrected chi connectivity index (χ1v) is 29.4. The van der Waals surface area contributed by atoms with Gasteiger partial charge in [-0.25, -0.2) is 0 Å². The number of hydrogen-bond donors (Lipinski definition) is 6. The maximum Gasteiger partial charge on any atom is 0.246 e. The van der Waals surface area contributed by atoms with E-state index in [4.69, 9.17) is 0 Å². The highest BCUT2D eigenvalue weighted by Crippen LogP contribution is 2.34. The zero-order valence-electron chi connectivity index (χ0n) is 47.3. The van der Waals surface area contributed by atoms with Gasteiger partial charge in [-0.2, -0.15) is 0 Å². The smallest absolute Gasteiger partial charge is 0.246 e. The van der Waals surface area contributed by atoms with Crippen LogP contribution in [-0.2, 0) is 54.8 Å². The van der Waals surface area contributed by atoms with E-state index in [1.165, 1.54) is 0 Å². The Hall–Kier alpha value is -7.40. The van der Waals surface area contributed by atoms with Crippen molar-refractivity contribution in [2.75, 3.05) is 14.1 Å². The van der Waals surface area contributed by atoms with Gasteiger partial charge in [0.15, 0.2) is 0 Å². The second-order valence-electron chi connectivity index (χ2n) is 22.4. The number of unbranched alkanes of at least 4 members (excludes halogenated alkanes) is 2. The molecular formula is C58H81N17O6. The zero-order valence-corrected chi connectivity index (χ0v) is 47.3. The highest BCUT2D eigenvalue weighted by atomic mass is 16.2. The third-order valence-corrected chi connectivity index (χ3v) is 16.8. The van der Waals surface area contributed by atoms with Crippen LogP contribution in [0.25, 0.3) is 0 Å². The number of rotatable bonds is 24. The molecule has 10 atom stereocenters. The summed E-state index contributed by atoms with van der Waals surface area (Å²) in [7, 11) is 3.41. The van der Waals surface area contributed by atoms with Crippen molar-refractivity contribution in [1.29, 1.82) is 0 Å². The van der Waals surface area contributed by atoms with Crippen LogP contribution in [0.3, 0.4) is 0 Å². The molecule has 4 aliphatic rings. The lowest BCUT2D eigenvalue weighted by molar-refractivity contribution is -0.144. The number of nitrogens with one attached hydrogen (secondary N) is 6. The second-order valence-corrected chi connectivity index (χ2v) is 22.4. The van der Waals surface area contributed by atoms with Crippen LogP contribution in [0.2, 0.25) is 0 Å². The van der Waals surface area contributed by atoms with E-state index in [0.717, 1.165) is 100 Å². The first-order chi connectivity index (χ1) is 39.4. The van der Waals surface area contributed by atoms with Gasteiger partial charge in [0.2, 0.25) is 35.4 Å². The molecule has 5 aromatic rings. The minimum Gasteiger partial charge on any atom is -0.343 e. The minimum absolute atomic E-state index is 0.0587. The highest BCUT2D eigenvalue weighted by Gasteiger charge is 2.46. The molecule has 0 unspecified atom stereocenters. The number of hydrogen-bond acceptors (Lipinski definition) is 14. The molecule has 2 aromatic carbocycles. The molecule has 0 bridgehead atoms. The van der Waals surface area contributed by atoms with Crippen LogP contribution in [0.1, 0.15) is 157 Å². The number of nitrogens with zero attached hydrogens (tertiary/aromatic N) is 11. The zero-order chi connectivity index (χ0) is 56.8. The van der Waals surface area contributed by atoms with Gasteiger partial charge in [-0.1, -0.05) is 102 Å². The molecule has 23 heteroatoms. The molecule has 3 aromatic heterocycles. The van der Waals surface area contributed by atoms with Crippen molar-refractivity contribution in [2.45, 2.75) is 203 Å². The summed E-state index contributed by atoms with van der Waals surface area (Å²) in [6.07, 6.45) is 18.5. The van der Waals surface area contributed by atoms with Crippen LogP contribution in [0.5, 0.6) is 0 Å². The molecule has 81 heavy (non-hydrogen) atoms. The number of amides is 6. The molecule has 4 aliphatic heterocycles. The fraction of sp³-hybridized carbons (Fsp3) is 0.586. The van der Waals surface area contributed by atoms with Gasteiger partial charge in [0.05, 0.1) is 42.3 Å². The van der Waals surface area contributed by atoms with Gasteiger partial charge in [0.1, 0.15) is 35.6 Å². The SMILES string of the molecule is CN[C@@H](C)C(=O)N[C@H]1CCCC[C@H]2CC[C@@H](C(=O)N[C@H](c3ccccc3)c3cn(CCCCn4cc(CCCCn5cc([C@@H](NC(=O)[C@@H]6CC[C@@H]7CCCC[C@H](NC(=O)[C@H](C)NC)C(=O)N76)c6ccccc6)nn5)nn4)nn3)N2C1=O. The highest BCUT2D eigenvalue weighted by molar-refractivity contribution is 5.95. The van der Waals surface area contributed by atoms with E-state index in [1.54, 1.807) is 47.1 Å². The summed E-state index contributed by atoms with van der Waals surface area (Å²) in [5.74, 6) is -1.38. The lowest BCUT2D eigenvalue weighted by Crippen LogP contribution is -2.58. The van der Waals surface area contributed by atoms with E-state index in [9.17, 15) is 28.8 Å². The molecule has 0 spiro atoms. The normalized spacial score (nSPS) is 22.7. The van der Waals surface area contributed by atoms with Gasteiger partial charge < -0.3 is 41.7 Å². The van der Waals surface area contributed by atoms with Crippen molar-refractivity contribution in [2.24, 2.45) is 0 Å². The number of carbonyl (C=O) groups excluding carboxylic acids is 6. The van der Waals surface area contributed by atoms with Crippen LogP contribution >= 0.6 is 0 Å². The molecular weight excluding hydrogens is 1030 g/mol. The van der Waals surface area contributed by atoms with E-state index in [-0.39, 0.29) is 47.5 Å². The van der Waals surface area contributed by atoms with Crippen molar-refractivity contribution in [3.63, 3.8) is 0 Å². The maximum atomic E-state index is 14.3. The Balaban J connectivity index is 0.739. The summed E-state index contributed by atoms with van der Waals surface area (Å²) < 4.78 is 5.46. The average molecular weight is 1110 g/mol. The Labute approximate surface area is 473 Å². The summed E-state index contributed by atoms with van der Waals surface area (Å²) in [6, 6.07) is 14.4. The summed E-state index contributed by atoms with van der Waals surface area (Å²) in [5, 5.41) is 45.0. The lowest BCUT2D eigenvalue weighted by Gasteiger charge is -2.36. The molecule has 6 N–H and O–H groups in total. The fourth-order valence-corrected chi connectivity index (χ4v) is 11.9. The van der Waals surface area contributed by atoms with Crippen LogP contribution in [0, 0.1) is 0 Å². The number of benzene rings is 2. The Kier molecular flexibility index (Phi) is 20.0. The standard InChI is InChI=1S/C58H81N17O6/c1-38(59-3)53(76)61-45-26-13-11-24-43-28-30-49(74(43)57(45)80)55(78)63-51(40-19-7-5-8-20-40)47-36-72(69-66-47)32-16-15-23-42-35-71(68-65-42)33-17-18-34-73-37-48(67-70-73)52(41-21-9-6-10-22-41)64-56(79)50-31-29-44-25-12-14-27-46(58(81)75(44)50)62-54(77)39(2)60-4/h5-10,19-22,35-39,43-46,49-52,59-60H,11-18,23-34H2,1-4H3,(H,61,76)(H,62,77)(H,63,78)(H,64,79)/t38-,39-,43-,44-,45-,46-,49-,50-,51-,52+/m0/s1. The molecule has 23 nitrogen and oxygen atoms in total. The monoisotopic (exact) mass is 1110 g/mol. The van der Waals surface area contributed by atoms with Crippen LogP contribution in [-0.4, -0.2) is 153 Å². The average Bonchev–Trinajstić information content (AvgIpc) is 4.51. The summed E-state index contributed by atoms with van der Waals surface area (Å²) in [5.41, 5.74) is 3.80. The predicted molar refractivity (Wildman–Crippen MR) is 300 cm³/mol. The Bertz CT molecular complexity index is 2700. The van der Waals surface area contributed by atoms with E-state index < -0.39 is 48.3 Å². The van der Waals surface area contributed by atoms with Crippen molar-refractivity contribution in [3.8, 4) is 0 Å². The first-order valence-electron chi connectivity index (χ1n) is 29.4. The number of aryl methyl sites for hydroxylation is 4. The van der Waals surface area contributed by atoms with Crippen molar-refractivity contribution >= 4 is 35.4 Å². The van der Waals surface area contributed by atoms with Crippen molar-refractivity contribution in [1.82, 2.24) is 86.7 Å². The molecule has 4 fully saturated rings. The van der Waals surface area contributed by atoms with Gasteiger partial charge in [0.25, 0.3) is 0 Å². The van der Waals surface area contributed by atoms with E-state index in [0.29, 0.717) is 56.7 Å². The second kappa shape index (κ2) is 27.9. The quantitative estimate of drug-likeness (QED) is 0.0484. The Morgan fingerprint density at radius 2 is 0.926 bits per heavy atom. The Morgan fingerprint density at radius 3 is 1.37 bits per heavy atom. The van der Waals surface area contributed by atoms with E-state index in [2.05, 4.69) is 62.8 Å².